The van der Waals surface area contributed by atoms with Crippen LogP contribution in [0.5, 0.6) is 0 Å². The van der Waals surface area contributed by atoms with E-state index in [-0.39, 0.29) is 18.2 Å². The minimum Gasteiger partial charge on any atom is -0.446 e. The van der Waals surface area contributed by atoms with Crippen molar-refractivity contribution < 1.29 is 9.53 Å². The SMILES string of the molecule is CCC(C)NC(=O)OC1CCC(c2cnc(Nc3ccc(S)cn3)nc2)C1. The van der Waals surface area contributed by atoms with Crippen LogP contribution >= 0.6 is 12.6 Å². The first kappa shape index (κ1) is 19.4. The predicted octanol–water partition coefficient (Wildman–Crippen LogP) is 4.06. The smallest absolute Gasteiger partial charge is 0.407 e. The third-order valence-corrected chi connectivity index (χ3v) is 5.03. The molecule has 0 spiro atoms. The van der Waals surface area contributed by atoms with Crippen molar-refractivity contribution in [2.45, 2.75) is 62.5 Å². The molecule has 0 aromatic carbocycles. The Labute approximate surface area is 164 Å². The van der Waals surface area contributed by atoms with E-state index in [1.54, 1.807) is 6.20 Å². The van der Waals surface area contributed by atoms with Crippen molar-refractivity contribution in [3.05, 3.63) is 36.3 Å². The Kier molecular flexibility index (Phi) is 6.49. The Morgan fingerprint density at radius 2 is 2.04 bits per heavy atom. The number of carbonyl (C=O) groups excluding carboxylic acids is 1. The second kappa shape index (κ2) is 9.03. The molecule has 0 radical (unpaired) electrons. The number of thiol groups is 1. The number of nitrogens with one attached hydrogen (secondary N) is 2. The first-order valence-corrected chi connectivity index (χ1v) is 9.69. The highest BCUT2D eigenvalue weighted by molar-refractivity contribution is 7.80. The van der Waals surface area contributed by atoms with Gasteiger partial charge in [0.25, 0.3) is 0 Å². The van der Waals surface area contributed by atoms with Crippen LogP contribution in [0.2, 0.25) is 0 Å². The van der Waals surface area contributed by atoms with E-state index in [1.165, 1.54) is 0 Å². The zero-order chi connectivity index (χ0) is 19.2. The number of aromatic nitrogens is 3. The monoisotopic (exact) mass is 387 g/mol. The highest BCUT2D eigenvalue weighted by Gasteiger charge is 2.29. The molecule has 2 aromatic rings. The molecular formula is C19H25N5O2S. The summed E-state index contributed by atoms with van der Waals surface area (Å²) >= 11 is 4.21. The molecule has 7 nitrogen and oxygen atoms in total. The summed E-state index contributed by atoms with van der Waals surface area (Å²) in [6.45, 7) is 3.99. The van der Waals surface area contributed by atoms with Crippen LogP contribution in [0.15, 0.2) is 35.6 Å². The number of nitrogens with zero attached hydrogens (tertiary/aromatic N) is 3. The van der Waals surface area contributed by atoms with Crippen LogP contribution in [-0.2, 0) is 4.74 Å². The Balaban J connectivity index is 1.52. The van der Waals surface area contributed by atoms with E-state index in [1.807, 2.05) is 38.4 Å². The van der Waals surface area contributed by atoms with E-state index in [9.17, 15) is 4.79 Å². The van der Waals surface area contributed by atoms with E-state index in [4.69, 9.17) is 4.74 Å². The summed E-state index contributed by atoms with van der Waals surface area (Å²) in [4.78, 5) is 25.6. The number of rotatable bonds is 6. The molecule has 3 rings (SSSR count). The Bertz CT molecular complexity index is 754. The molecule has 144 valence electrons. The van der Waals surface area contributed by atoms with Gasteiger partial charge in [-0.15, -0.1) is 12.6 Å². The summed E-state index contributed by atoms with van der Waals surface area (Å²) in [5.74, 6) is 1.47. The average molecular weight is 388 g/mol. The van der Waals surface area contributed by atoms with Crippen molar-refractivity contribution in [3.8, 4) is 0 Å². The zero-order valence-corrected chi connectivity index (χ0v) is 16.4. The van der Waals surface area contributed by atoms with Gasteiger partial charge in [0.1, 0.15) is 11.9 Å². The van der Waals surface area contributed by atoms with Crippen molar-refractivity contribution in [3.63, 3.8) is 0 Å². The first-order chi connectivity index (χ1) is 13.0. The average Bonchev–Trinajstić information content (AvgIpc) is 3.12. The van der Waals surface area contributed by atoms with Gasteiger partial charge in [0.05, 0.1) is 0 Å². The van der Waals surface area contributed by atoms with Crippen LogP contribution in [0.3, 0.4) is 0 Å². The number of pyridine rings is 1. The lowest BCUT2D eigenvalue weighted by Crippen LogP contribution is -2.34. The second-order valence-electron chi connectivity index (χ2n) is 6.86. The van der Waals surface area contributed by atoms with Gasteiger partial charge in [-0.3, -0.25) is 0 Å². The molecule has 1 aliphatic rings. The van der Waals surface area contributed by atoms with E-state index in [2.05, 4.69) is 38.2 Å². The van der Waals surface area contributed by atoms with Crippen molar-refractivity contribution in [2.24, 2.45) is 0 Å². The minimum atomic E-state index is -0.328. The van der Waals surface area contributed by atoms with Crippen LogP contribution < -0.4 is 10.6 Å². The number of anilines is 2. The lowest BCUT2D eigenvalue weighted by Gasteiger charge is -2.16. The molecule has 1 aliphatic carbocycles. The lowest BCUT2D eigenvalue weighted by molar-refractivity contribution is 0.0975. The maximum atomic E-state index is 11.9. The van der Waals surface area contributed by atoms with E-state index in [0.29, 0.717) is 17.7 Å². The van der Waals surface area contributed by atoms with Gasteiger partial charge in [-0.1, -0.05) is 6.92 Å². The van der Waals surface area contributed by atoms with Crippen molar-refractivity contribution >= 4 is 30.5 Å². The van der Waals surface area contributed by atoms with Gasteiger partial charge in [-0.2, -0.15) is 0 Å². The number of amides is 1. The zero-order valence-electron chi connectivity index (χ0n) is 15.6. The Hall–Kier alpha value is -2.35. The summed E-state index contributed by atoms with van der Waals surface area (Å²) in [5.41, 5.74) is 1.06. The van der Waals surface area contributed by atoms with Crippen molar-refractivity contribution in [2.75, 3.05) is 5.32 Å². The summed E-state index contributed by atoms with van der Waals surface area (Å²) < 4.78 is 5.53. The largest absolute Gasteiger partial charge is 0.446 e. The molecule has 2 heterocycles. The number of hydrogen-bond donors (Lipinski definition) is 3. The number of alkyl carbamates (subject to hydrolysis) is 1. The molecule has 1 fully saturated rings. The molecule has 0 bridgehead atoms. The minimum absolute atomic E-state index is 0.0548. The van der Waals surface area contributed by atoms with E-state index < -0.39 is 0 Å². The van der Waals surface area contributed by atoms with Gasteiger partial charge in [-0.25, -0.2) is 19.7 Å². The normalized spacial score (nSPS) is 20.1. The standard InChI is InChI=1S/C19H25N5O2S/c1-3-12(2)23-19(25)26-15-5-4-13(8-15)14-9-21-18(22-10-14)24-17-7-6-16(27)11-20-17/h6-7,9-13,15,27H,3-5,8H2,1-2H3,(H,23,25)(H,20,21,22,24). The van der Waals surface area contributed by atoms with Gasteiger partial charge in [0.2, 0.25) is 5.95 Å². The van der Waals surface area contributed by atoms with Gasteiger partial charge in [0.15, 0.2) is 0 Å². The molecule has 2 N–H and O–H groups in total. The lowest BCUT2D eigenvalue weighted by atomic mass is 10.0. The second-order valence-corrected chi connectivity index (χ2v) is 7.37. The van der Waals surface area contributed by atoms with Crippen LogP contribution in [0, 0.1) is 0 Å². The third kappa shape index (κ3) is 5.56. The summed E-state index contributed by atoms with van der Waals surface area (Å²) in [6.07, 6.45) is 8.44. The quantitative estimate of drug-likeness (QED) is 0.648. The molecule has 0 aliphatic heterocycles. The maximum Gasteiger partial charge on any atom is 0.407 e. The number of ether oxygens (including phenoxy) is 1. The number of carbonyl (C=O) groups is 1. The summed E-state index contributed by atoms with van der Waals surface area (Å²) in [7, 11) is 0. The predicted molar refractivity (Wildman–Crippen MR) is 107 cm³/mol. The van der Waals surface area contributed by atoms with Gasteiger partial charge in [0, 0.05) is 29.5 Å². The van der Waals surface area contributed by atoms with Crippen LogP contribution in [0.4, 0.5) is 16.6 Å². The molecule has 8 heteroatoms. The molecule has 27 heavy (non-hydrogen) atoms. The van der Waals surface area contributed by atoms with Crippen molar-refractivity contribution in [1.82, 2.24) is 20.3 Å². The Morgan fingerprint density at radius 1 is 1.26 bits per heavy atom. The van der Waals surface area contributed by atoms with Crippen LogP contribution in [-0.4, -0.2) is 33.2 Å². The van der Waals surface area contributed by atoms with Crippen molar-refractivity contribution in [1.29, 1.82) is 0 Å². The maximum absolute atomic E-state index is 11.9. The molecule has 1 amide bonds. The van der Waals surface area contributed by atoms with Crippen LogP contribution in [0.25, 0.3) is 0 Å². The highest BCUT2D eigenvalue weighted by atomic mass is 32.1. The molecule has 3 unspecified atom stereocenters. The highest BCUT2D eigenvalue weighted by Crippen LogP contribution is 2.35. The van der Waals surface area contributed by atoms with Gasteiger partial charge in [-0.05, 0) is 56.2 Å². The van der Waals surface area contributed by atoms with Gasteiger partial charge >= 0.3 is 6.09 Å². The Morgan fingerprint density at radius 3 is 2.70 bits per heavy atom. The van der Waals surface area contributed by atoms with E-state index in [0.717, 1.165) is 36.1 Å². The third-order valence-electron chi connectivity index (χ3n) is 4.77. The number of hydrogen-bond acceptors (Lipinski definition) is 7. The topological polar surface area (TPSA) is 89.0 Å². The molecule has 1 saturated carbocycles. The fourth-order valence-corrected chi connectivity index (χ4v) is 3.16. The molecular weight excluding hydrogens is 362 g/mol. The fraction of sp³-hybridized carbons (Fsp3) is 0.474. The molecule has 2 aromatic heterocycles. The molecule has 3 atom stereocenters. The fourth-order valence-electron chi connectivity index (χ4n) is 3.03. The first-order valence-electron chi connectivity index (χ1n) is 9.24. The molecule has 0 saturated heterocycles. The summed E-state index contributed by atoms with van der Waals surface area (Å²) in [5, 5.41) is 5.90. The summed E-state index contributed by atoms with van der Waals surface area (Å²) in [6, 6.07) is 3.80. The van der Waals surface area contributed by atoms with Crippen LogP contribution in [0.1, 0.15) is 51.0 Å². The van der Waals surface area contributed by atoms with E-state index >= 15 is 0 Å². The van der Waals surface area contributed by atoms with Gasteiger partial charge < -0.3 is 15.4 Å².